The van der Waals surface area contributed by atoms with E-state index in [0.29, 0.717) is 0 Å². The van der Waals surface area contributed by atoms with Crippen molar-refractivity contribution in [1.29, 1.82) is 0 Å². The van der Waals surface area contributed by atoms with Gasteiger partial charge in [0, 0.05) is 6.92 Å². The minimum Gasteiger partial charge on any atom is -0.348 e. The van der Waals surface area contributed by atoms with Crippen LogP contribution in [0.3, 0.4) is 0 Å². The first-order valence-electron chi connectivity index (χ1n) is 6.74. The first-order chi connectivity index (χ1) is 10.3. The van der Waals surface area contributed by atoms with Gasteiger partial charge in [0.2, 0.25) is 17.7 Å². The Bertz CT molecular complexity index is 376. The third kappa shape index (κ3) is 16.2. The van der Waals surface area contributed by atoms with E-state index >= 15 is 0 Å². The zero-order chi connectivity index (χ0) is 17.5. The van der Waals surface area contributed by atoms with Crippen molar-refractivity contribution in [2.75, 3.05) is 25.4 Å². The lowest BCUT2D eigenvalue weighted by molar-refractivity contribution is -0.127. The van der Waals surface area contributed by atoms with Crippen LogP contribution in [-0.4, -0.2) is 54.0 Å². The highest BCUT2D eigenvalue weighted by molar-refractivity contribution is 8.14. The molecule has 9 heteroatoms. The Morgan fingerprint density at radius 2 is 1.14 bits per heavy atom. The summed E-state index contributed by atoms with van der Waals surface area (Å²) in [7, 11) is 0. The van der Waals surface area contributed by atoms with Crippen molar-refractivity contribution in [3.63, 3.8) is 0 Å². The van der Waals surface area contributed by atoms with Gasteiger partial charge in [0.1, 0.15) is 5.78 Å². The fourth-order valence-corrected chi connectivity index (χ4v) is 1.36. The van der Waals surface area contributed by atoms with Crippen LogP contribution < -0.4 is 16.0 Å². The van der Waals surface area contributed by atoms with E-state index < -0.39 is 17.7 Å². The quantitative estimate of drug-likeness (QED) is 0.536. The number of carbonyl (C=O) groups excluding carboxylic acids is 5. The summed E-state index contributed by atoms with van der Waals surface area (Å²) in [5.74, 6) is -1.72. The van der Waals surface area contributed by atoms with Crippen molar-refractivity contribution in [1.82, 2.24) is 16.0 Å². The monoisotopic (exact) mass is 333 g/mol. The molecular formula is C13H23N3O5S. The van der Waals surface area contributed by atoms with Gasteiger partial charge in [-0.15, -0.1) is 0 Å². The van der Waals surface area contributed by atoms with E-state index in [-0.39, 0.29) is 36.3 Å². The van der Waals surface area contributed by atoms with Gasteiger partial charge in [-0.2, -0.15) is 0 Å². The number of thioether (sulfide) groups is 1. The summed E-state index contributed by atoms with van der Waals surface area (Å²) in [6.07, 6.45) is 0. The predicted octanol–water partition coefficient (Wildman–Crippen LogP) is -0.770. The molecule has 0 radical (unpaired) electrons. The first kappa shape index (κ1) is 22.4. The van der Waals surface area contributed by atoms with Gasteiger partial charge < -0.3 is 16.0 Å². The second-order valence-electron chi connectivity index (χ2n) is 3.81. The van der Waals surface area contributed by atoms with E-state index in [1.165, 1.54) is 13.8 Å². The van der Waals surface area contributed by atoms with Gasteiger partial charge in [-0.3, -0.25) is 24.0 Å². The highest BCUT2D eigenvalue weighted by atomic mass is 32.2. The van der Waals surface area contributed by atoms with E-state index in [1.54, 1.807) is 0 Å². The molecule has 3 amide bonds. The highest BCUT2D eigenvalue weighted by Crippen LogP contribution is 1.98. The van der Waals surface area contributed by atoms with Gasteiger partial charge in [-0.05, 0) is 6.92 Å². The molecule has 0 fully saturated rings. The maximum atomic E-state index is 11.3. The topological polar surface area (TPSA) is 121 Å². The highest BCUT2D eigenvalue weighted by Gasteiger charge is 2.08. The number of ketones is 1. The predicted molar refractivity (Wildman–Crippen MR) is 84.2 cm³/mol. The first-order valence-corrected chi connectivity index (χ1v) is 7.72. The van der Waals surface area contributed by atoms with Gasteiger partial charge in [0.15, 0.2) is 5.12 Å². The fraction of sp³-hybridized carbons (Fsp3) is 0.615. The number of amides is 3. The SMILES string of the molecule is CC.CC(=O)CNC(=O)CNC(=O)CNC(=O)CSC(C)=O. The number of Topliss-reactive ketones (excluding diaryl/α,β-unsaturated/α-hetero) is 1. The molecule has 0 unspecified atom stereocenters. The van der Waals surface area contributed by atoms with Crippen LogP contribution in [0.5, 0.6) is 0 Å². The van der Waals surface area contributed by atoms with Gasteiger partial charge in [0.25, 0.3) is 0 Å². The summed E-state index contributed by atoms with van der Waals surface area (Å²) < 4.78 is 0. The van der Waals surface area contributed by atoms with Crippen LogP contribution in [0.15, 0.2) is 0 Å². The number of hydrogen-bond donors (Lipinski definition) is 3. The van der Waals surface area contributed by atoms with Gasteiger partial charge in [-0.25, -0.2) is 0 Å². The van der Waals surface area contributed by atoms with E-state index in [0.717, 1.165) is 11.8 Å². The van der Waals surface area contributed by atoms with Crippen molar-refractivity contribution in [3.05, 3.63) is 0 Å². The summed E-state index contributed by atoms with van der Waals surface area (Å²) in [5, 5.41) is 6.69. The standard InChI is InChI=1S/C11H17N3O5S.C2H6/c1-7(15)3-12-9(17)4-13-10(18)5-14-11(19)6-20-8(2)16;1-2/h3-6H2,1-2H3,(H,12,17)(H,13,18)(H,14,19);1-2H3. The second kappa shape index (κ2) is 14.1. The molecule has 0 aromatic rings. The zero-order valence-electron chi connectivity index (χ0n) is 13.3. The number of rotatable bonds is 8. The molecule has 0 aliphatic heterocycles. The van der Waals surface area contributed by atoms with E-state index in [1.807, 2.05) is 13.8 Å². The van der Waals surface area contributed by atoms with Crippen molar-refractivity contribution in [2.45, 2.75) is 27.7 Å². The Morgan fingerprint density at radius 3 is 1.55 bits per heavy atom. The van der Waals surface area contributed by atoms with Crippen molar-refractivity contribution in [3.8, 4) is 0 Å². The van der Waals surface area contributed by atoms with Crippen LogP contribution in [0.2, 0.25) is 0 Å². The Kier molecular flexibility index (Phi) is 14.3. The molecule has 0 aliphatic carbocycles. The third-order valence-electron chi connectivity index (χ3n) is 1.83. The fourth-order valence-electron chi connectivity index (χ4n) is 0.924. The average molecular weight is 333 g/mol. The summed E-state index contributed by atoms with van der Waals surface area (Å²) in [4.78, 5) is 54.8. The van der Waals surface area contributed by atoms with Gasteiger partial charge in [0.05, 0.1) is 25.4 Å². The van der Waals surface area contributed by atoms with Crippen LogP contribution in [-0.2, 0) is 24.0 Å². The Hall–Kier alpha value is -1.90. The molecule has 0 aromatic heterocycles. The maximum absolute atomic E-state index is 11.3. The second-order valence-corrected chi connectivity index (χ2v) is 4.96. The van der Waals surface area contributed by atoms with Gasteiger partial charge in [-0.1, -0.05) is 25.6 Å². The lowest BCUT2D eigenvalue weighted by Gasteiger charge is -2.06. The lowest BCUT2D eigenvalue weighted by Crippen LogP contribution is -2.43. The molecule has 0 atom stereocenters. The average Bonchev–Trinajstić information content (AvgIpc) is 2.48. The number of carbonyl (C=O) groups is 5. The van der Waals surface area contributed by atoms with Crippen LogP contribution in [0.4, 0.5) is 0 Å². The van der Waals surface area contributed by atoms with Crippen molar-refractivity contribution >= 4 is 40.4 Å². The Morgan fingerprint density at radius 1 is 0.727 bits per heavy atom. The molecule has 0 spiro atoms. The number of hydrogen-bond acceptors (Lipinski definition) is 6. The summed E-state index contributed by atoms with van der Waals surface area (Å²) in [6, 6.07) is 0. The third-order valence-corrected chi connectivity index (χ3v) is 2.65. The van der Waals surface area contributed by atoms with Crippen LogP contribution in [0.25, 0.3) is 0 Å². The summed E-state index contributed by atoms with van der Waals surface area (Å²) in [5.41, 5.74) is 0. The zero-order valence-corrected chi connectivity index (χ0v) is 14.1. The minimum atomic E-state index is -0.538. The molecular weight excluding hydrogens is 310 g/mol. The maximum Gasteiger partial charge on any atom is 0.239 e. The molecule has 0 aliphatic rings. The molecule has 8 nitrogen and oxygen atoms in total. The summed E-state index contributed by atoms with van der Waals surface area (Å²) in [6.45, 7) is 6.02. The molecule has 3 N–H and O–H groups in total. The molecule has 126 valence electrons. The molecule has 0 bridgehead atoms. The number of nitrogens with one attached hydrogen (secondary N) is 3. The smallest absolute Gasteiger partial charge is 0.239 e. The molecule has 0 heterocycles. The van der Waals surface area contributed by atoms with Crippen LogP contribution in [0.1, 0.15) is 27.7 Å². The van der Waals surface area contributed by atoms with Gasteiger partial charge >= 0.3 is 0 Å². The van der Waals surface area contributed by atoms with E-state index in [2.05, 4.69) is 16.0 Å². The molecule has 22 heavy (non-hydrogen) atoms. The van der Waals surface area contributed by atoms with Crippen molar-refractivity contribution in [2.24, 2.45) is 0 Å². The molecule has 0 aromatic carbocycles. The lowest BCUT2D eigenvalue weighted by atomic mass is 10.4. The molecule has 0 saturated carbocycles. The van der Waals surface area contributed by atoms with Crippen molar-refractivity contribution < 1.29 is 24.0 Å². The molecule has 0 rings (SSSR count). The van der Waals surface area contributed by atoms with Crippen LogP contribution >= 0.6 is 11.8 Å². The van der Waals surface area contributed by atoms with E-state index in [4.69, 9.17) is 0 Å². The van der Waals surface area contributed by atoms with E-state index in [9.17, 15) is 24.0 Å². The largest absolute Gasteiger partial charge is 0.348 e. The molecule has 0 saturated heterocycles. The summed E-state index contributed by atoms with van der Waals surface area (Å²) >= 11 is 0.840. The Balaban J connectivity index is 0. The Labute approximate surface area is 134 Å². The van der Waals surface area contributed by atoms with Crippen LogP contribution in [0, 0.1) is 0 Å². The normalized spacial score (nSPS) is 8.91. The minimum absolute atomic E-state index is 0.0539.